The molecular formula is C16H13F3N4O2. The van der Waals surface area contributed by atoms with Gasteiger partial charge in [-0.05, 0) is 30.7 Å². The molecule has 2 aromatic rings. The zero-order chi connectivity index (χ0) is 18.6. The molecule has 0 aliphatic heterocycles. The Morgan fingerprint density at radius 3 is 2.60 bits per heavy atom. The highest BCUT2D eigenvalue weighted by atomic mass is 19.4. The van der Waals surface area contributed by atoms with Gasteiger partial charge in [0.25, 0.3) is 5.91 Å². The normalized spacial score (nSPS) is 10.9. The molecule has 0 bridgehead atoms. The largest absolute Gasteiger partial charge is 0.433 e. The van der Waals surface area contributed by atoms with Crippen LogP contribution in [0, 0.1) is 6.92 Å². The third-order valence-electron chi connectivity index (χ3n) is 3.17. The van der Waals surface area contributed by atoms with Crippen molar-refractivity contribution in [3.63, 3.8) is 0 Å². The second-order valence-electron chi connectivity index (χ2n) is 4.90. The molecule has 0 aromatic carbocycles. The van der Waals surface area contributed by atoms with Gasteiger partial charge in [0.2, 0.25) is 0 Å². The van der Waals surface area contributed by atoms with Crippen LogP contribution in [0.1, 0.15) is 27.3 Å². The molecule has 130 valence electrons. The van der Waals surface area contributed by atoms with E-state index in [2.05, 4.69) is 21.9 Å². The van der Waals surface area contributed by atoms with Crippen LogP contribution in [0.15, 0.2) is 37.2 Å². The van der Waals surface area contributed by atoms with Crippen molar-refractivity contribution in [3.8, 4) is 0 Å². The second kappa shape index (κ2) is 7.12. The number of anilines is 1. The molecule has 0 aliphatic rings. The Morgan fingerprint density at radius 2 is 2.00 bits per heavy atom. The Hall–Kier alpha value is -3.23. The lowest BCUT2D eigenvalue weighted by Crippen LogP contribution is -2.35. The third kappa shape index (κ3) is 4.40. The van der Waals surface area contributed by atoms with E-state index in [1.807, 2.05) is 5.32 Å². The highest BCUT2D eigenvalue weighted by Crippen LogP contribution is 2.29. The fraction of sp³-hybridized carbons (Fsp3) is 0.125. The van der Waals surface area contributed by atoms with Crippen molar-refractivity contribution in [2.45, 2.75) is 13.1 Å². The van der Waals surface area contributed by atoms with E-state index in [1.54, 1.807) is 19.1 Å². The van der Waals surface area contributed by atoms with Crippen LogP contribution in [0.25, 0.3) is 6.08 Å². The fourth-order valence-electron chi connectivity index (χ4n) is 1.92. The van der Waals surface area contributed by atoms with Gasteiger partial charge < -0.3 is 5.32 Å². The van der Waals surface area contributed by atoms with Crippen LogP contribution in [-0.2, 0) is 6.18 Å². The van der Waals surface area contributed by atoms with Crippen LogP contribution < -0.4 is 10.6 Å². The molecule has 2 aromatic heterocycles. The van der Waals surface area contributed by atoms with E-state index in [0.717, 1.165) is 12.3 Å². The number of alkyl halides is 3. The molecule has 6 nitrogen and oxygen atoms in total. The van der Waals surface area contributed by atoms with E-state index in [-0.39, 0.29) is 11.1 Å². The van der Waals surface area contributed by atoms with Crippen molar-refractivity contribution in [2.75, 3.05) is 5.32 Å². The van der Waals surface area contributed by atoms with Crippen LogP contribution >= 0.6 is 0 Å². The summed E-state index contributed by atoms with van der Waals surface area (Å²) >= 11 is 0. The van der Waals surface area contributed by atoms with Gasteiger partial charge in [0.15, 0.2) is 0 Å². The summed E-state index contributed by atoms with van der Waals surface area (Å²) in [5.41, 5.74) is -0.531. The van der Waals surface area contributed by atoms with Crippen LogP contribution in [0.2, 0.25) is 0 Å². The van der Waals surface area contributed by atoms with Gasteiger partial charge in [-0.3, -0.25) is 20.1 Å². The maximum atomic E-state index is 12.7. The quantitative estimate of drug-likeness (QED) is 0.888. The van der Waals surface area contributed by atoms with Crippen LogP contribution in [0.4, 0.5) is 23.7 Å². The molecule has 0 fully saturated rings. The minimum atomic E-state index is -4.65. The van der Waals surface area contributed by atoms with Crippen molar-refractivity contribution in [3.05, 3.63) is 59.7 Å². The van der Waals surface area contributed by atoms with Gasteiger partial charge in [-0.25, -0.2) is 4.79 Å². The lowest BCUT2D eigenvalue weighted by molar-refractivity contribution is -0.141. The van der Waals surface area contributed by atoms with Gasteiger partial charge in [0, 0.05) is 12.4 Å². The number of imide groups is 1. The first-order chi connectivity index (χ1) is 11.7. The number of carbonyl (C=O) groups excluding carboxylic acids is 2. The van der Waals surface area contributed by atoms with Crippen molar-refractivity contribution < 1.29 is 22.8 Å². The summed E-state index contributed by atoms with van der Waals surface area (Å²) in [5.74, 6) is -0.907. The number of urea groups is 1. The lowest BCUT2D eigenvalue weighted by atomic mass is 10.1. The number of carbonyl (C=O) groups is 2. The maximum absolute atomic E-state index is 12.7. The van der Waals surface area contributed by atoms with E-state index in [4.69, 9.17) is 0 Å². The molecule has 0 unspecified atom stereocenters. The topological polar surface area (TPSA) is 84.0 Å². The highest BCUT2D eigenvalue weighted by Gasteiger charge is 2.33. The van der Waals surface area contributed by atoms with E-state index >= 15 is 0 Å². The number of hydrogen-bond acceptors (Lipinski definition) is 4. The molecule has 0 spiro atoms. The lowest BCUT2D eigenvalue weighted by Gasteiger charge is -2.11. The van der Waals surface area contributed by atoms with Gasteiger partial charge in [-0.15, -0.1) is 0 Å². The van der Waals surface area contributed by atoms with E-state index in [9.17, 15) is 22.8 Å². The van der Waals surface area contributed by atoms with Crippen molar-refractivity contribution >= 4 is 23.7 Å². The van der Waals surface area contributed by atoms with Crippen LogP contribution in [-0.4, -0.2) is 21.9 Å². The minimum Gasteiger partial charge on any atom is -0.306 e. The average molecular weight is 350 g/mol. The smallest absolute Gasteiger partial charge is 0.306 e. The summed E-state index contributed by atoms with van der Waals surface area (Å²) in [6, 6.07) is 3.02. The van der Waals surface area contributed by atoms with Gasteiger partial charge in [0.05, 0.1) is 16.9 Å². The second-order valence-corrected chi connectivity index (χ2v) is 4.90. The number of hydrogen-bond donors (Lipinski definition) is 2. The number of nitrogens with zero attached hydrogens (tertiary/aromatic N) is 2. The molecule has 2 N–H and O–H groups in total. The number of aryl methyl sites for hydroxylation is 1. The standard InChI is InChI=1S/C16H13F3N4O2/c1-3-10-7-13(16(17,18)19)21-8-11(10)14(24)23-15(25)22-12-5-4-6-20-9(12)2/h3-8H,1H2,2H3,(H2,22,23,24,25). The first-order valence-electron chi connectivity index (χ1n) is 6.96. The Bertz CT molecular complexity index is 834. The molecule has 0 saturated carbocycles. The monoisotopic (exact) mass is 350 g/mol. The van der Waals surface area contributed by atoms with E-state index in [0.29, 0.717) is 17.4 Å². The molecule has 0 aliphatic carbocycles. The summed E-state index contributed by atoms with van der Waals surface area (Å²) in [5, 5.41) is 4.44. The summed E-state index contributed by atoms with van der Waals surface area (Å²) in [4.78, 5) is 31.2. The molecule has 9 heteroatoms. The Kier molecular flexibility index (Phi) is 5.16. The molecule has 0 atom stereocenters. The number of rotatable bonds is 3. The predicted octanol–water partition coefficient (Wildman–Crippen LogP) is 3.41. The van der Waals surface area contributed by atoms with E-state index < -0.39 is 23.8 Å². The zero-order valence-electron chi connectivity index (χ0n) is 13.0. The maximum Gasteiger partial charge on any atom is 0.433 e. The first-order valence-corrected chi connectivity index (χ1v) is 6.96. The third-order valence-corrected chi connectivity index (χ3v) is 3.17. The highest BCUT2D eigenvalue weighted by molar-refractivity contribution is 6.09. The Balaban J connectivity index is 2.16. The van der Waals surface area contributed by atoms with Gasteiger partial charge in [-0.2, -0.15) is 13.2 Å². The molecule has 2 heterocycles. The molecular weight excluding hydrogens is 337 g/mol. The summed E-state index contributed by atoms with van der Waals surface area (Å²) in [6.45, 7) is 5.03. The number of pyridine rings is 2. The van der Waals surface area contributed by atoms with Gasteiger partial charge >= 0.3 is 12.2 Å². The molecule has 25 heavy (non-hydrogen) atoms. The zero-order valence-corrected chi connectivity index (χ0v) is 13.0. The predicted molar refractivity (Wildman–Crippen MR) is 84.8 cm³/mol. The molecule has 2 rings (SSSR count). The van der Waals surface area contributed by atoms with Crippen LogP contribution in [0.3, 0.4) is 0 Å². The van der Waals surface area contributed by atoms with Gasteiger partial charge in [-0.1, -0.05) is 12.7 Å². The Labute approximate surface area is 140 Å². The molecule has 0 radical (unpaired) electrons. The number of nitrogens with one attached hydrogen (secondary N) is 2. The summed E-state index contributed by atoms with van der Waals surface area (Å²) < 4.78 is 38.0. The van der Waals surface area contributed by atoms with Crippen molar-refractivity contribution in [1.82, 2.24) is 15.3 Å². The van der Waals surface area contributed by atoms with Crippen molar-refractivity contribution in [1.29, 1.82) is 0 Å². The summed E-state index contributed by atoms with van der Waals surface area (Å²) in [7, 11) is 0. The fourth-order valence-corrected chi connectivity index (χ4v) is 1.92. The molecule has 0 saturated heterocycles. The summed E-state index contributed by atoms with van der Waals surface area (Å²) in [6.07, 6.45) is -1.29. The SMILES string of the molecule is C=Cc1cc(C(F)(F)F)ncc1C(=O)NC(=O)Nc1cccnc1C. The number of amides is 3. The number of halogens is 3. The van der Waals surface area contributed by atoms with Gasteiger partial charge in [0.1, 0.15) is 5.69 Å². The number of aromatic nitrogens is 2. The Morgan fingerprint density at radius 1 is 1.28 bits per heavy atom. The minimum absolute atomic E-state index is 0.0924. The van der Waals surface area contributed by atoms with Crippen molar-refractivity contribution in [2.24, 2.45) is 0 Å². The first kappa shape index (κ1) is 18.1. The molecule has 3 amide bonds. The van der Waals surface area contributed by atoms with Crippen LogP contribution in [0.5, 0.6) is 0 Å². The average Bonchev–Trinajstić information content (AvgIpc) is 2.55. The van der Waals surface area contributed by atoms with E-state index in [1.165, 1.54) is 6.20 Å².